The van der Waals surface area contributed by atoms with E-state index < -0.39 is 0 Å². The van der Waals surface area contributed by atoms with E-state index in [2.05, 4.69) is 24.1 Å². The predicted octanol–water partition coefficient (Wildman–Crippen LogP) is 4.23. The molecular weight excluding hydrogens is 358 g/mol. The number of hydrogen-bond donors (Lipinski definition) is 1. The van der Waals surface area contributed by atoms with Gasteiger partial charge in [0.1, 0.15) is 0 Å². The molecule has 0 radical (unpaired) electrons. The fraction of sp³-hybridized carbons (Fsp3) is 0.571. The molecule has 0 aliphatic rings. The zero-order valence-electron chi connectivity index (χ0n) is 16.8. The third kappa shape index (κ3) is 6.38. The first-order valence-electron chi connectivity index (χ1n) is 9.84. The number of rotatable bonds is 10. The summed E-state index contributed by atoms with van der Waals surface area (Å²) in [6.45, 7) is 9.11. The minimum atomic E-state index is -0.0348. The molecule has 0 saturated carbocycles. The number of fused-ring (bicyclic) bond motifs is 1. The van der Waals surface area contributed by atoms with Gasteiger partial charge in [-0.25, -0.2) is 4.98 Å². The number of amides is 1. The molecule has 1 aromatic carbocycles. The molecule has 2 rings (SSSR count). The monoisotopic (exact) mass is 389 g/mol. The molecule has 148 valence electrons. The summed E-state index contributed by atoms with van der Waals surface area (Å²) in [5.74, 6) is 0.948. The highest BCUT2D eigenvalue weighted by Gasteiger charge is 2.14. The van der Waals surface area contributed by atoms with Crippen molar-refractivity contribution in [2.45, 2.75) is 71.1 Å². The Bertz CT molecular complexity index is 817. The van der Waals surface area contributed by atoms with Gasteiger partial charge in [-0.3, -0.25) is 14.2 Å². The van der Waals surface area contributed by atoms with E-state index in [1.54, 1.807) is 10.6 Å². The van der Waals surface area contributed by atoms with Crippen molar-refractivity contribution < 1.29 is 4.79 Å². The van der Waals surface area contributed by atoms with E-state index in [0.717, 1.165) is 19.3 Å². The van der Waals surface area contributed by atoms with Crippen LogP contribution < -0.4 is 10.9 Å². The van der Waals surface area contributed by atoms with Crippen LogP contribution in [0.5, 0.6) is 0 Å². The summed E-state index contributed by atoms with van der Waals surface area (Å²) in [6.07, 6.45) is 4.13. The molecule has 0 fully saturated rings. The van der Waals surface area contributed by atoms with Crippen molar-refractivity contribution in [2.24, 2.45) is 5.92 Å². The summed E-state index contributed by atoms with van der Waals surface area (Å²) in [5.41, 5.74) is 0.646. The lowest BCUT2D eigenvalue weighted by atomic mass is 10.0. The summed E-state index contributed by atoms with van der Waals surface area (Å²) in [7, 11) is 0. The molecule has 1 atom stereocenters. The van der Waals surface area contributed by atoms with E-state index in [4.69, 9.17) is 0 Å². The maximum absolute atomic E-state index is 12.7. The van der Waals surface area contributed by atoms with Crippen molar-refractivity contribution in [3.63, 3.8) is 0 Å². The average Bonchev–Trinajstić information content (AvgIpc) is 2.62. The molecule has 0 unspecified atom stereocenters. The summed E-state index contributed by atoms with van der Waals surface area (Å²) in [6, 6.07) is 7.53. The van der Waals surface area contributed by atoms with Crippen LogP contribution in [-0.2, 0) is 11.3 Å². The molecule has 5 nitrogen and oxygen atoms in total. The number of aromatic nitrogens is 2. The topological polar surface area (TPSA) is 64.0 Å². The first-order chi connectivity index (χ1) is 12.9. The van der Waals surface area contributed by atoms with Gasteiger partial charge in [0.25, 0.3) is 5.56 Å². The van der Waals surface area contributed by atoms with Gasteiger partial charge in [0.05, 0.1) is 16.7 Å². The third-order valence-electron chi connectivity index (χ3n) is 4.43. The number of carbonyl (C=O) groups excluding carboxylic acids is 1. The molecule has 0 aliphatic carbocycles. The lowest BCUT2D eigenvalue weighted by molar-refractivity contribution is -0.119. The molecule has 2 aromatic rings. The summed E-state index contributed by atoms with van der Waals surface area (Å²) < 4.78 is 1.69. The van der Waals surface area contributed by atoms with Crippen LogP contribution in [-0.4, -0.2) is 27.3 Å². The smallest absolute Gasteiger partial charge is 0.262 e. The first-order valence-corrected chi connectivity index (χ1v) is 10.8. The Morgan fingerprint density at radius 2 is 1.96 bits per heavy atom. The molecule has 1 N–H and O–H groups in total. The number of thioether (sulfide) groups is 1. The Kier molecular flexibility index (Phi) is 8.35. The molecule has 27 heavy (non-hydrogen) atoms. The second-order valence-corrected chi connectivity index (χ2v) is 8.39. The number of nitrogens with zero attached hydrogens (tertiary/aromatic N) is 2. The van der Waals surface area contributed by atoms with E-state index in [-0.39, 0.29) is 23.3 Å². The van der Waals surface area contributed by atoms with E-state index >= 15 is 0 Å². The highest BCUT2D eigenvalue weighted by molar-refractivity contribution is 7.99. The summed E-state index contributed by atoms with van der Waals surface area (Å²) >= 11 is 1.33. The summed E-state index contributed by atoms with van der Waals surface area (Å²) in [4.78, 5) is 29.7. The lowest BCUT2D eigenvalue weighted by Crippen LogP contribution is -2.34. The second-order valence-electron chi connectivity index (χ2n) is 7.45. The van der Waals surface area contributed by atoms with Gasteiger partial charge in [0.2, 0.25) is 5.91 Å². The molecule has 6 heteroatoms. The Morgan fingerprint density at radius 1 is 1.22 bits per heavy atom. The van der Waals surface area contributed by atoms with Crippen LogP contribution in [0.15, 0.2) is 34.2 Å². The largest absolute Gasteiger partial charge is 0.353 e. The van der Waals surface area contributed by atoms with Crippen LogP contribution >= 0.6 is 11.8 Å². The van der Waals surface area contributed by atoms with Crippen molar-refractivity contribution >= 4 is 28.6 Å². The van der Waals surface area contributed by atoms with E-state index in [1.807, 2.05) is 32.0 Å². The second kappa shape index (κ2) is 10.5. The average molecular weight is 390 g/mol. The van der Waals surface area contributed by atoms with Crippen molar-refractivity contribution in [1.29, 1.82) is 0 Å². The van der Waals surface area contributed by atoms with Gasteiger partial charge in [0, 0.05) is 12.6 Å². The molecule has 0 aliphatic heterocycles. The minimum absolute atomic E-state index is 0.0116. The van der Waals surface area contributed by atoms with Crippen LogP contribution in [0.2, 0.25) is 0 Å². The number of benzene rings is 1. The fourth-order valence-corrected chi connectivity index (χ4v) is 3.87. The maximum atomic E-state index is 12.7. The molecule has 1 amide bonds. The van der Waals surface area contributed by atoms with Gasteiger partial charge in [-0.2, -0.15) is 0 Å². The molecular formula is C21H31N3O2S. The van der Waals surface area contributed by atoms with Crippen LogP contribution in [0.1, 0.15) is 53.4 Å². The highest BCUT2D eigenvalue weighted by atomic mass is 32.2. The van der Waals surface area contributed by atoms with Crippen LogP contribution in [0.25, 0.3) is 10.9 Å². The molecule has 1 aromatic heterocycles. The van der Waals surface area contributed by atoms with Crippen molar-refractivity contribution in [2.75, 3.05) is 5.75 Å². The normalized spacial score (nSPS) is 12.5. The molecule has 0 saturated heterocycles. The zero-order valence-corrected chi connectivity index (χ0v) is 17.6. The van der Waals surface area contributed by atoms with Crippen LogP contribution in [0, 0.1) is 5.92 Å². The van der Waals surface area contributed by atoms with Crippen molar-refractivity contribution in [1.82, 2.24) is 14.9 Å². The van der Waals surface area contributed by atoms with Gasteiger partial charge in [0.15, 0.2) is 5.16 Å². The van der Waals surface area contributed by atoms with Gasteiger partial charge in [-0.15, -0.1) is 0 Å². The Morgan fingerprint density at radius 3 is 2.67 bits per heavy atom. The van der Waals surface area contributed by atoms with Crippen molar-refractivity contribution in [3.8, 4) is 0 Å². The van der Waals surface area contributed by atoms with Gasteiger partial charge in [-0.05, 0) is 37.8 Å². The SMILES string of the molecule is CCCn1c(SCC(=O)N[C@H](C)CCCC(C)C)nc2ccccc2c1=O. The fourth-order valence-electron chi connectivity index (χ4n) is 3.03. The quantitative estimate of drug-likeness (QED) is 0.488. The lowest BCUT2D eigenvalue weighted by Gasteiger charge is -2.15. The number of para-hydroxylation sites is 1. The first kappa shape index (κ1) is 21.5. The van der Waals surface area contributed by atoms with Crippen molar-refractivity contribution in [3.05, 3.63) is 34.6 Å². The minimum Gasteiger partial charge on any atom is -0.353 e. The molecule has 1 heterocycles. The number of hydrogen-bond acceptors (Lipinski definition) is 4. The maximum Gasteiger partial charge on any atom is 0.262 e. The third-order valence-corrected chi connectivity index (χ3v) is 5.41. The highest BCUT2D eigenvalue weighted by Crippen LogP contribution is 2.18. The van der Waals surface area contributed by atoms with Crippen LogP contribution in [0.4, 0.5) is 0 Å². The van der Waals surface area contributed by atoms with Gasteiger partial charge in [-0.1, -0.05) is 57.5 Å². The Balaban J connectivity index is 2.02. The number of nitrogens with one attached hydrogen (secondary N) is 1. The molecule has 0 spiro atoms. The standard InChI is InChI=1S/C21H31N3O2S/c1-5-13-24-20(26)17-11-6-7-12-18(17)23-21(24)27-14-19(25)22-16(4)10-8-9-15(2)3/h6-7,11-12,15-16H,5,8-10,13-14H2,1-4H3,(H,22,25)/t16-/m1/s1. The molecule has 0 bridgehead atoms. The van der Waals surface area contributed by atoms with E-state index in [0.29, 0.717) is 28.5 Å². The predicted molar refractivity (Wildman–Crippen MR) is 113 cm³/mol. The summed E-state index contributed by atoms with van der Waals surface area (Å²) in [5, 5.41) is 4.29. The van der Waals surface area contributed by atoms with Crippen LogP contribution in [0.3, 0.4) is 0 Å². The Labute approximate surface area is 166 Å². The Hall–Kier alpha value is -1.82. The van der Waals surface area contributed by atoms with E-state index in [1.165, 1.54) is 18.2 Å². The van der Waals surface area contributed by atoms with Gasteiger partial charge >= 0.3 is 0 Å². The number of carbonyl (C=O) groups is 1. The zero-order chi connectivity index (χ0) is 19.8. The van der Waals surface area contributed by atoms with Gasteiger partial charge < -0.3 is 5.32 Å². The van der Waals surface area contributed by atoms with E-state index in [9.17, 15) is 9.59 Å².